The van der Waals surface area contributed by atoms with Gasteiger partial charge in [0.1, 0.15) is 18.0 Å². The monoisotopic (exact) mass is 493 g/mol. The van der Waals surface area contributed by atoms with E-state index in [0.29, 0.717) is 24.3 Å². The van der Waals surface area contributed by atoms with E-state index in [4.69, 9.17) is 9.65 Å². The number of aromatic nitrogens is 2. The normalized spacial score (nSPS) is 18.6. The molecule has 3 N–H and O–H groups in total. The van der Waals surface area contributed by atoms with Gasteiger partial charge in [0.2, 0.25) is 0 Å². The highest BCUT2D eigenvalue weighted by molar-refractivity contribution is 7.78. The third kappa shape index (κ3) is 6.09. The van der Waals surface area contributed by atoms with Crippen LogP contribution in [0.5, 0.6) is 0 Å². The number of hydrazone groups is 1. The average molecular weight is 494 g/mol. The highest BCUT2D eigenvalue weighted by Crippen LogP contribution is 2.28. The maximum atomic E-state index is 12.2. The van der Waals surface area contributed by atoms with Gasteiger partial charge in [-0.15, -0.1) is 0 Å². The first-order chi connectivity index (χ1) is 17.0. The van der Waals surface area contributed by atoms with Gasteiger partial charge < -0.3 is 14.7 Å². The molecule has 0 bridgehead atoms. The number of aldehydes is 1. The van der Waals surface area contributed by atoms with Crippen LogP contribution in [0.3, 0.4) is 0 Å². The highest BCUT2D eigenvalue weighted by atomic mass is 32.2. The number of benzene rings is 2. The van der Waals surface area contributed by atoms with Crippen LogP contribution in [0.15, 0.2) is 65.9 Å². The maximum absolute atomic E-state index is 12.2. The highest BCUT2D eigenvalue weighted by Gasteiger charge is 2.30. The molecule has 35 heavy (non-hydrogen) atoms. The standard InChI is InChI=1S/C25H27N5O4S/c1-2-19-13-22(15-31)30(29-24(19)20-7-3-18(4-8-20)16-35(33)34)14-17-5-9-21(10-6-17)27-25(32)23-11-12-26-28-23/h3-12,15,19,22H,2,13-14,16H2,1H3,(H,26,28)(H,27,32)(H,33,34). The predicted octanol–water partition coefficient (Wildman–Crippen LogP) is 3.59. The lowest BCUT2D eigenvalue weighted by atomic mass is 9.87. The molecule has 2 aromatic carbocycles. The molecule has 1 aliphatic rings. The first kappa shape index (κ1) is 24.5. The van der Waals surface area contributed by atoms with E-state index < -0.39 is 11.1 Å². The Balaban J connectivity index is 1.51. The Kier molecular flexibility index (Phi) is 7.84. The summed E-state index contributed by atoms with van der Waals surface area (Å²) in [7, 11) is 0. The van der Waals surface area contributed by atoms with Crippen molar-refractivity contribution in [3.05, 3.63) is 83.2 Å². The average Bonchev–Trinajstić information content (AvgIpc) is 3.40. The quantitative estimate of drug-likeness (QED) is 0.309. The second-order valence-corrected chi connectivity index (χ2v) is 9.34. The molecule has 0 aliphatic carbocycles. The number of nitrogens with one attached hydrogen (secondary N) is 2. The smallest absolute Gasteiger partial charge is 0.273 e. The Bertz CT molecular complexity index is 1210. The summed E-state index contributed by atoms with van der Waals surface area (Å²) >= 11 is -1.89. The Hall–Kier alpha value is -3.63. The SMILES string of the molecule is CCC1CC(C=O)N(Cc2ccc(NC(=O)c3ccn[nH]3)cc2)N=C1c1ccc(CS(=O)O)cc1. The minimum atomic E-state index is -1.89. The number of carbonyl (C=O) groups excluding carboxylic acids is 2. The number of hydrogen-bond acceptors (Lipinski definition) is 6. The van der Waals surface area contributed by atoms with Crippen molar-refractivity contribution in [1.82, 2.24) is 15.2 Å². The van der Waals surface area contributed by atoms with Crippen LogP contribution in [-0.2, 0) is 28.2 Å². The Labute approximate surface area is 205 Å². The molecule has 0 saturated heterocycles. The topological polar surface area (TPSA) is 128 Å². The minimum absolute atomic E-state index is 0.0850. The molecule has 3 aromatic rings. The maximum Gasteiger partial charge on any atom is 0.273 e. The molecular weight excluding hydrogens is 466 g/mol. The molecule has 3 atom stereocenters. The molecule has 182 valence electrons. The molecule has 0 radical (unpaired) electrons. The second kappa shape index (κ2) is 11.2. The number of rotatable bonds is 9. The first-order valence-corrected chi connectivity index (χ1v) is 12.6. The van der Waals surface area contributed by atoms with Crippen molar-refractivity contribution in [3.63, 3.8) is 0 Å². The van der Waals surface area contributed by atoms with Gasteiger partial charge >= 0.3 is 0 Å². The van der Waals surface area contributed by atoms with Crippen molar-refractivity contribution < 1.29 is 18.4 Å². The summed E-state index contributed by atoms with van der Waals surface area (Å²) < 4.78 is 20.2. The zero-order valence-corrected chi connectivity index (χ0v) is 20.1. The number of nitrogens with zero attached hydrogens (tertiary/aromatic N) is 3. The van der Waals surface area contributed by atoms with Crippen LogP contribution in [-0.4, -0.2) is 47.9 Å². The summed E-state index contributed by atoms with van der Waals surface area (Å²) in [6.07, 6.45) is 3.98. The third-order valence-corrected chi connectivity index (χ3v) is 6.60. The van der Waals surface area contributed by atoms with Gasteiger partial charge in [-0.2, -0.15) is 10.2 Å². The van der Waals surface area contributed by atoms with E-state index in [-0.39, 0.29) is 23.6 Å². The molecule has 9 nitrogen and oxygen atoms in total. The predicted molar refractivity (Wildman–Crippen MR) is 134 cm³/mol. The van der Waals surface area contributed by atoms with Crippen molar-refractivity contribution in [1.29, 1.82) is 0 Å². The van der Waals surface area contributed by atoms with E-state index in [2.05, 4.69) is 22.4 Å². The summed E-state index contributed by atoms with van der Waals surface area (Å²) in [6, 6.07) is 16.2. The van der Waals surface area contributed by atoms with E-state index in [9.17, 15) is 13.8 Å². The van der Waals surface area contributed by atoms with Gasteiger partial charge in [-0.1, -0.05) is 43.3 Å². The van der Waals surface area contributed by atoms with Gasteiger partial charge in [0, 0.05) is 17.8 Å². The molecule has 0 spiro atoms. The van der Waals surface area contributed by atoms with Crippen LogP contribution in [0.4, 0.5) is 5.69 Å². The number of carbonyl (C=O) groups is 2. The van der Waals surface area contributed by atoms with Gasteiger partial charge in [-0.3, -0.25) is 14.9 Å². The minimum Gasteiger partial charge on any atom is -0.321 e. The number of aromatic amines is 1. The van der Waals surface area contributed by atoms with Crippen molar-refractivity contribution in [3.8, 4) is 0 Å². The fourth-order valence-electron chi connectivity index (χ4n) is 4.13. The Morgan fingerprint density at radius 1 is 1.17 bits per heavy atom. The molecule has 1 aliphatic heterocycles. The summed E-state index contributed by atoms with van der Waals surface area (Å²) in [4.78, 5) is 24.1. The zero-order chi connectivity index (χ0) is 24.8. The molecular formula is C25H27N5O4S. The van der Waals surface area contributed by atoms with Crippen molar-refractivity contribution in [2.45, 2.75) is 38.1 Å². The van der Waals surface area contributed by atoms with Crippen molar-refractivity contribution in [2.24, 2.45) is 11.0 Å². The van der Waals surface area contributed by atoms with E-state index in [1.165, 1.54) is 6.20 Å². The fraction of sp³-hybridized carbons (Fsp3) is 0.280. The van der Waals surface area contributed by atoms with Gasteiger partial charge in [-0.05, 0) is 47.7 Å². The van der Waals surface area contributed by atoms with Crippen LogP contribution < -0.4 is 5.32 Å². The van der Waals surface area contributed by atoms with Crippen LogP contribution in [0.1, 0.15) is 46.9 Å². The zero-order valence-electron chi connectivity index (χ0n) is 19.3. The summed E-state index contributed by atoms with van der Waals surface area (Å²) in [5.41, 5.74) is 4.61. The first-order valence-electron chi connectivity index (χ1n) is 11.3. The summed E-state index contributed by atoms with van der Waals surface area (Å²) in [5, 5.41) is 15.9. The fourth-order valence-corrected chi connectivity index (χ4v) is 4.60. The van der Waals surface area contributed by atoms with E-state index in [0.717, 1.165) is 35.1 Å². The Morgan fingerprint density at radius 3 is 2.49 bits per heavy atom. The molecule has 10 heteroatoms. The van der Waals surface area contributed by atoms with E-state index >= 15 is 0 Å². The largest absolute Gasteiger partial charge is 0.321 e. The van der Waals surface area contributed by atoms with Crippen molar-refractivity contribution in [2.75, 3.05) is 5.32 Å². The summed E-state index contributed by atoms with van der Waals surface area (Å²) in [5.74, 6) is -0.0514. The molecule has 4 rings (SSSR count). The lowest BCUT2D eigenvalue weighted by molar-refractivity contribution is -0.113. The van der Waals surface area contributed by atoms with E-state index in [1.807, 2.05) is 53.5 Å². The Morgan fingerprint density at radius 2 is 1.89 bits per heavy atom. The van der Waals surface area contributed by atoms with Crippen LogP contribution >= 0.6 is 0 Å². The van der Waals surface area contributed by atoms with Crippen LogP contribution in [0.25, 0.3) is 0 Å². The van der Waals surface area contributed by atoms with Gasteiger partial charge in [0.05, 0.1) is 18.0 Å². The number of anilines is 1. The third-order valence-electron chi connectivity index (χ3n) is 6.02. The number of amides is 1. The second-order valence-electron chi connectivity index (χ2n) is 8.41. The molecule has 3 unspecified atom stereocenters. The van der Waals surface area contributed by atoms with E-state index in [1.54, 1.807) is 6.07 Å². The molecule has 0 saturated carbocycles. The van der Waals surface area contributed by atoms with Crippen LogP contribution in [0.2, 0.25) is 0 Å². The molecule has 2 heterocycles. The van der Waals surface area contributed by atoms with Crippen LogP contribution in [0, 0.1) is 5.92 Å². The number of H-pyrrole nitrogens is 1. The molecule has 1 amide bonds. The van der Waals surface area contributed by atoms with Crippen molar-refractivity contribution >= 4 is 34.7 Å². The molecule has 1 aromatic heterocycles. The van der Waals surface area contributed by atoms with Gasteiger partial charge in [0.25, 0.3) is 5.91 Å². The van der Waals surface area contributed by atoms with Gasteiger partial charge in [-0.25, -0.2) is 4.21 Å². The number of hydrogen-bond donors (Lipinski definition) is 3. The molecule has 0 fully saturated rings. The summed E-state index contributed by atoms with van der Waals surface area (Å²) in [6.45, 7) is 2.52. The lowest BCUT2D eigenvalue weighted by Crippen LogP contribution is -2.41. The lowest BCUT2D eigenvalue weighted by Gasteiger charge is -2.35. The van der Waals surface area contributed by atoms with Gasteiger partial charge in [0.15, 0.2) is 11.1 Å².